The molecule has 0 spiro atoms. The highest BCUT2D eigenvalue weighted by Gasteiger charge is 2.24. The number of imide groups is 1. The number of halogens is 2. The van der Waals surface area contributed by atoms with E-state index in [0.717, 1.165) is 25.0 Å². The number of carbonyl (C=O) groups is 2. The van der Waals surface area contributed by atoms with Crippen LogP contribution in [0.1, 0.15) is 31.4 Å². The minimum atomic E-state index is -0.679. The highest BCUT2D eigenvalue weighted by molar-refractivity contribution is 5.95. The average Bonchev–Trinajstić information content (AvgIpc) is 3.19. The molecule has 0 aliphatic heterocycles. The van der Waals surface area contributed by atoms with Crippen LogP contribution >= 0.6 is 0 Å². The second-order valence-electron chi connectivity index (χ2n) is 5.06. The standard InChI is InChI=1S/C14H17F2N3O2/c1-8(11-5-2-9(15)6-12(11)16)17-7-13(20)19-14(21)18-10-3-4-10/h2,5-6,8,10,17H,3-4,7H2,1H3,(H2,18,19,20,21)/t8-/m0/s1. The summed E-state index contributed by atoms with van der Waals surface area (Å²) in [4.78, 5) is 22.9. The van der Waals surface area contributed by atoms with E-state index in [9.17, 15) is 18.4 Å². The molecule has 1 fully saturated rings. The molecule has 0 saturated heterocycles. The first-order chi connectivity index (χ1) is 9.95. The van der Waals surface area contributed by atoms with E-state index in [2.05, 4.69) is 16.0 Å². The zero-order chi connectivity index (χ0) is 15.4. The Balaban J connectivity index is 1.78. The van der Waals surface area contributed by atoms with Crippen molar-refractivity contribution < 1.29 is 18.4 Å². The molecule has 5 nitrogen and oxygen atoms in total. The van der Waals surface area contributed by atoms with Gasteiger partial charge in [0.1, 0.15) is 11.6 Å². The van der Waals surface area contributed by atoms with Crippen LogP contribution in [0.25, 0.3) is 0 Å². The molecule has 1 aliphatic rings. The average molecular weight is 297 g/mol. The Hall–Kier alpha value is -2.02. The maximum absolute atomic E-state index is 13.5. The van der Waals surface area contributed by atoms with Crippen molar-refractivity contribution in [2.75, 3.05) is 6.54 Å². The van der Waals surface area contributed by atoms with Crippen LogP contribution in [0.15, 0.2) is 18.2 Å². The quantitative estimate of drug-likeness (QED) is 0.773. The number of urea groups is 1. The van der Waals surface area contributed by atoms with Crippen LogP contribution in [0.3, 0.4) is 0 Å². The highest BCUT2D eigenvalue weighted by atomic mass is 19.1. The van der Waals surface area contributed by atoms with Gasteiger partial charge in [-0.2, -0.15) is 0 Å². The minimum absolute atomic E-state index is 0.143. The molecule has 3 amide bonds. The first kappa shape index (κ1) is 15.4. The summed E-state index contributed by atoms with van der Waals surface area (Å²) in [5.41, 5.74) is 0.256. The molecule has 0 bridgehead atoms. The Kier molecular flexibility index (Phi) is 4.85. The van der Waals surface area contributed by atoms with Gasteiger partial charge in [0.15, 0.2) is 0 Å². The Morgan fingerprint density at radius 1 is 1.33 bits per heavy atom. The van der Waals surface area contributed by atoms with E-state index in [1.54, 1.807) is 6.92 Å². The van der Waals surface area contributed by atoms with Crippen molar-refractivity contribution in [3.05, 3.63) is 35.4 Å². The summed E-state index contributed by atoms with van der Waals surface area (Å²) in [6.07, 6.45) is 1.86. The van der Waals surface area contributed by atoms with E-state index < -0.39 is 29.6 Å². The predicted octanol–water partition coefficient (Wildman–Crippen LogP) is 1.60. The molecule has 0 unspecified atom stereocenters. The Labute approximate surface area is 121 Å². The molecule has 1 saturated carbocycles. The molecule has 7 heteroatoms. The third-order valence-electron chi connectivity index (χ3n) is 3.16. The van der Waals surface area contributed by atoms with Gasteiger partial charge in [0.2, 0.25) is 5.91 Å². The molecule has 1 atom stereocenters. The molecule has 1 aromatic carbocycles. The number of hydrogen-bond donors (Lipinski definition) is 3. The molecule has 21 heavy (non-hydrogen) atoms. The molecule has 114 valence electrons. The molecule has 0 radical (unpaired) electrons. The zero-order valence-corrected chi connectivity index (χ0v) is 11.6. The fraction of sp³-hybridized carbons (Fsp3) is 0.429. The van der Waals surface area contributed by atoms with Gasteiger partial charge < -0.3 is 10.6 Å². The van der Waals surface area contributed by atoms with Crippen LogP contribution < -0.4 is 16.0 Å². The van der Waals surface area contributed by atoms with Crippen LogP contribution in [0.5, 0.6) is 0 Å². The maximum atomic E-state index is 13.5. The largest absolute Gasteiger partial charge is 0.335 e. The van der Waals surface area contributed by atoms with Gasteiger partial charge in [-0.05, 0) is 25.8 Å². The minimum Gasteiger partial charge on any atom is -0.335 e. The fourth-order valence-corrected chi connectivity index (χ4v) is 1.83. The van der Waals surface area contributed by atoms with Crippen molar-refractivity contribution in [1.82, 2.24) is 16.0 Å². The molecule has 1 aromatic rings. The third kappa shape index (κ3) is 4.78. The van der Waals surface area contributed by atoms with Crippen LogP contribution in [-0.4, -0.2) is 24.5 Å². The first-order valence-electron chi connectivity index (χ1n) is 6.74. The van der Waals surface area contributed by atoms with E-state index in [0.29, 0.717) is 0 Å². The topological polar surface area (TPSA) is 70.2 Å². The van der Waals surface area contributed by atoms with Gasteiger partial charge in [-0.3, -0.25) is 10.1 Å². The van der Waals surface area contributed by atoms with Gasteiger partial charge in [0, 0.05) is 23.7 Å². The number of amides is 3. The lowest BCUT2D eigenvalue weighted by molar-refractivity contribution is -0.119. The lowest BCUT2D eigenvalue weighted by atomic mass is 10.1. The van der Waals surface area contributed by atoms with E-state index in [4.69, 9.17) is 0 Å². The molecule has 1 aliphatic carbocycles. The molecule has 0 aromatic heterocycles. The zero-order valence-electron chi connectivity index (χ0n) is 11.6. The molecular formula is C14H17F2N3O2. The lowest BCUT2D eigenvalue weighted by Crippen LogP contribution is -2.44. The summed E-state index contributed by atoms with van der Waals surface area (Å²) in [6.45, 7) is 1.50. The third-order valence-corrected chi connectivity index (χ3v) is 3.16. The normalized spacial score (nSPS) is 15.4. The van der Waals surface area contributed by atoms with Crippen LogP contribution in [-0.2, 0) is 4.79 Å². The van der Waals surface area contributed by atoms with Crippen molar-refractivity contribution in [2.24, 2.45) is 0 Å². The van der Waals surface area contributed by atoms with Crippen molar-refractivity contribution in [3.8, 4) is 0 Å². The number of rotatable bonds is 5. The monoisotopic (exact) mass is 297 g/mol. The Bertz CT molecular complexity index is 547. The van der Waals surface area contributed by atoms with E-state index in [1.807, 2.05) is 0 Å². The van der Waals surface area contributed by atoms with Crippen molar-refractivity contribution in [1.29, 1.82) is 0 Å². The smallest absolute Gasteiger partial charge is 0.321 e. The van der Waals surface area contributed by atoms with Crippen molar-refractivity contribution in [2.45, 2.75) is 31.8 Å². The van der Waals surface area contributed by atoms with Crippen molar-refractivity contribution in [3.63, 3.8) is 0 Å². The molecule has 0 heterocycles. The summed E-state index contributed by atoms with van der Waals surface area (Å²) in [7, 11) is 0. The van der Waals surface area contributed by atoms with Gasteiger partial charge in [-0.1, -0.05) is 6.07 Å². The fourth-order valence-electron chi connectivity index (χ4n) is 1.83. The Morgan fingerprint density at radius 3 is 2.67 bits per heavy atom. The van der Waals surface area contributed by atoms with Gasteiger partial charge >= 0.3 is 6.03 Å². The summed E-state index contributed by atoms with van der Waals surface area (Å²) in [5.74, 6) is -1.85. The second kappa shape index (κ2) is 6.62. The number of hydrogen-bond acceptors (Lipinski definition) is 3. The number of nitrogens with one attached hydrogen (secondary N) is 3. The molecular weight excluding hydrogens is 280 g/mol. The predicted molar refractivity (Wildman–Crippen MR) is 72.5 cm³/mol. The number of carbonyl (C=O) groups excluding carboxylic acids is 2. The van der Waals surface area contributed by atoms with Gasteiger partial charge in [0.05, 0.1) is 6.54 Å². The van der Waals surface area contributed by atoms with Crippen LogP contribution in [0.4, 0.5) is 13.6 Å². The summed E-state index contributed by atoms with van der Waals surface area (Å²) in [6, 6.07) is 2.42. The SMILES string of the molecule is C[C@H](NCC(=O)NC(=O)NC1CC1)c1ccc(F)cc1F. The number of benzene rings is 1. The van der Waals surface area contributed by atoms with Gasteiger partial charge in [0.25, 0.3) is 0 Å². The van der Waals surface area contributed by atoms with E-state index >= 15 is 0 Å². The summed E-state index contributed by atoms with van der Waals surface area (Å²) < 4.78 is 26.3. The van der Waals surface area contributed by atoms with Crippen LogP contribution in [0.2, 0.25) is 0 Å². The van der Waals surface area contributed by atoms with Gasteiger partial charge in [-0.15, -0.1) is 0 Å². The summed E-state index contributed by atoms with van der Waals surface area (Å²) in [5, 5.41) is 7.57. The lowest BCUT2D eigenvalue weighted by Gasteiger charge is -2.14. The van der Waals surface area contributed by atoms with E-state index in [-0.39, 0.29) is 18.2 Å². The van der Waals surface area contributed by atoms with Gasteiger partial charge in [-0.25, -0.2) is 13.6 Å². The first-order valence-corrected chi connectivity index (χ1v) is 6.74. The van der Waals surface area contributed by atoms with Crippen molar-refractivity contribution >= 4 is 11.9 Å². The van der Waals surface area contributed by atoms with E-state index in [1.165, 1.54) is 6.07 Å². The second-order valence-corrected chi connectivity index (χ2v) is 5.06. The summed E-state index contributed by atoms with van der Waals surface area (Å²) >= 11 is 0. The highest BCUT2D eigenvalue weighted by Crippen LogP contribution is 2.18. The molecule has 2 rings (SSSR count). The maximum Gasteiger partial charge on any atom is 0.321 e. The van der Waals surface area contributed by atoms with Crippen LogP contribution in [0, 0.1) is 11.6 Å². The Morgan fingerprint density at radius 2 is 2.05 bits per heavy atom. The molecule has 3 N–H and O–H groups in total.